The van der Waals surface area contributed by atoms with Gasteiger partial charge in [0.2, 0.25) is 0 Å². The zero-order valence-corrected chi connectivity index (χ0v) is 16.0. The highest BCUT2D eigenvalue weighted by Crippen LogP contribution is 2.21. The van der Waals surface area contributed by atoms with Crippen molar-refractivity contribution in [3.8, 4) is 5.75 Å². The lowest BCUT2D eigenvalue weighted by atomic mass is 10.1. The first-order valence-corrected chi connectivity index (χ1v) is 9.42. The molecule has 2 aromatic carbocycles. The SMILES string of the molecule is COc1ccc(C(=O)N2CCN(c3ccc(NCC(O)CO)cc3)CC2)cc1. The van der Waals surface area contributed by atoms with Gasteiger partial charge >= 0.3 is 0 Å². The Kier molecular flexibility index (Phi) is 6.73. The van der Waals surface area contributed by atoms with Crippen molar-refractivity contribution < 1.29 is 19.7 Å². The lowest BCUT2D eigenvalue weighted by Crippen LogP contribution is -2.48. The third-order valence-electron chi connectivity index (χ3n) is 4.89. The molecule has 150 valence electrons. The van der Waals surface area contributed by atoms with Gasteiger partial charge in [-0.25, -0.2) is 0 Å². The smallest absolute Gasteiger partial charge is 0.253 e. The van der Waals surface area contributed by atoms with Gasteiger partial charge in [0.1, 0.15) is 5.75 Å². The van der Waals surface area contributed by atoms with Crippen molar-refractivity contribution in [3.05, 3.63) is 54.1 Å². The van der Waals surface area contributed by atoms with Crippen LogP contribution in [0.25, 0.3) is 0 Å². The highest BCUT2D eigenvalue weighted by molar-refractivity contribution is 5.94. The number of ether oxygens (including phenoxy) is 1. The number of rotatable bonds is 7. The van der Waals surface area contributed by atoms with Crippen LogP contribution in [0.4, 0.5) is 11.4 Å². The van der Waals surface area contributed by atoms with Crippen molar-refractivity contribution in [2.45, 2.75) is 6.10 Å². The van der Waals surface area contributed by atoms with Gasteiger partial charge in [-0.1, -0.05) is 0 Å². The van der Waals surface area contributed by atoms with E-state index < -0.39 is 6.10 Å². The number of nitrogens with one attached hydrogen (secondary N) is 1. The second kappa shape index (κ2) is 9.43. The topological polar surface area (TPSA) is 85.3 Å². The van der Waals surface area contributed by atoms with Gasteiger partial charge in [-0.3, -0.25) is 4.79 Å². The number of hydrogen-bond acceptors (Lipinski definition) is 6. The van der Waals surface area contributed by atoms with Gasteiger partial charge in [0.05, 0.1) is 19.8 Å². The van der Waals surface area contributed by atoms with E-state index in [1.807, 2.05) is 29.2 Å². The maximum absolute atomic E-state index is 12.7. The monoisotopic (exact) mass is 385 g/mol. The molecular formula is C21H27N3O4. The molecule has 1 aliphatic heterocycles. The van der Waals surface area contributed by atoms with Gasteiger partial charge in [0, 0.05) is 49.7 Å². The van der Waals surface area contributed by atoms with E-state index in [9.17, 15) is 9.90 Å². The molecule has 1 saturated heterocycles. The molecule has 0 saturated carbocycles. The second-order valence-electron chi connectivity index (χ2n) is 6.77. The first-order chi connectivity index (χ1) is 13.6. The quantitative estimate of drug-likeness (QED) is 0.669. The Balaban J connectivity index is 1.52. The van der Waals surface area contributed by atoms with Gasteiger partial charge < -0.3 is 30.1 Å². The van der Waals surface area contributed by atoms with Gasteiger partial charge in [0.25, 0.3) is 5.91 Å². The summed E-state index contributed by atoms with van der Waals surface area (Å²) in [7, 11) is 1.61. The summed E-state index contributed by atoms with van der Waals surface area (Å²) >= 11 is 0. The predicted octanol–water partition coefficient (Wildman–Crippen LogP) is 1.42. The van der Waals surface area contributed by atoms with Crippen LogP contribution in [-0.4, -0.2) is 73.6 Å². The molecule has 7 nitrogen and oxygen atoms in total. The fraction of sp³-hybridized carbons (Fsp3) is 0.381. The molecule has 2 aromatic rings. The van der Waals surface area contributed by atoms with E-state index >= 15 is 0 Å². The van der Waals surface area contributed by atoms with Gasteiger partial charge in [-0.2, -0.15) is 0 Å². The maximum Gasteiger partial charge on any atom is 0.253 e. The summed E-state index contributed by atoms with van der Waals surface area (Å²) in [5.41, 5.74) is 2.67. The second-order valence-corrected chi connectivity index (χ2v) is 6.77. The highest BCUT2D eigenvalue weighted by atomic mass is 16.5. The molecule has 3 rings (SSSR count). The van der Waals surface area contributed by atoms with Crippen molar-refractivity contribution in [2.75, 3.05) is 56.7 Å². The molecule has 1 atom stereocenters. The molecule has 0 bridgehead atoms. The minimum Gasteiger partial charge on any atom is -0.497 e. The van der Waals surface area contributed by atoms with Crippen LogP contribution in [0, 0.1) is 0 Å². The summed E-state index contributed by atoms with van der Waals surface area (Å²) in [6, 6.07) is 15.2. The first kappa shape index (κ1) is 20.0. The number of hydrogen-bond donors (Lipinski definition) is 3. The minimum atomic E-state index is -0.768. The molecule has 1 heterocycles. The number of amides is 1. The molecule has 1 fully saturated rings. The average Bonchev–Trinajstić information content (AvgIpc) is 2.77. The number of carbonyl (C=O) groups excluding carboxylic acids is 1. The van der Waals surface area contributed by atoms with Crippen molar-refractivity contribution in [3.63, 3.8) is 0 Å². The number of nitrogens with zero attached hydrogens (tertiary/aromatic N) is 2. The van der Waals surface area contributed by atoms with Crippen molar-refractivity contribution >= 4 is 17.3 Å². The molecule has 0 spiro atoms. The Labute approximate surface area is 165 Å². The maximum atomic E-state index is 12.7. The zero-order chi connectivity index (χ0) is 19.9. The van der Waals surface area contributed by atoms with Crippen molar-refractivity contribution in [2.24, 2.45) is 0 Å². The fourth-order valence-electron chi connectivity index (χ4n) is 3.17. The van der Waals surface area contributed by atoms with Crippen LogP contribution in [0.2, 0.25) is 0 Å². The van der Waals surface area contributed by atoms with E-state index in [0.717, 1.165) is 30.2 Å². The Hall–Kier alpha value is -2.77. The number of aliphatic hydroxyl groups is 2. The van der Waals surface area contributed by atoms with Gasteiger partial charge in [0.15, 0.2) is 0 Å². The van der Waals surface area contributed by atoms with Crippen LogP contribution in [-0.2, 0) is 0 Å². The third-order valence-corrected chi connectivity index (χ3v) is 4.89. The van der Waals surface area contributed by atoms with Crippen LogP contribution < -0.4 is 15.0 Å². The summed E-state index contributed by atoms with van der Waals surface area (Å²) < 4.78 is 5.14. The number of benzene rings is 2. The van der Waals surface area contributed by atoms with Crippen molar-refractivity contribution in [1.82, 2.24) is 4.90 Å². The Morgan fingerprint density at radius 2 is 1.71 bits per heavy atom. The first-order valence-electron chi connectivity index (χ1n) is 9.42. The molecule has 3 N–H and O–H groups in total. The molecule has 1 unspecified atom stereocenters. The van der Waals surface area contributed by atoms with Crippen LogP contribution in [0.5, 0.6) is 5.75 Å². The summed E-state index contributed by atoms with van der Waals surface area (Å²) in [4.78, 5) is 16.8. The Bertz CT molecular complexity index is 756. The van der Waals surface area contributed by atoms with E-state index in [4.69, 9.17) is 9.84 Å². The standard InChI is InChI=1S/C21H27N3O4/c1-28-20-8-2-16(3-9-20)21(27)24-12-10-23(11-13-24)18-6-4-17(5-7-18)22-14-19(26)15-25/h2-9,19,22,25-26H,10-15H2,1H3. The van der Waals surface area contributed by atoms with Crippen LogP contribution in [0.15, 0.2) is 48.5 Å². The van der Waals surface area contributed by atoms with E-state index in [1.54, 1.807) is 31.4 Å². The Morgan fingerprint density at radius 1 is 1.07 bits per heavy atom. The molecule has 0 radical (unpaired) electrons. The summed E-state index contributed by atoms with van der Waals surface area (Å²) in [6.45, 7) is 2.95. The van der Waals surface area contributed by atoms with Gasteiger partial charge in [-0.15, -0.1) is 0 Å². The molecular weight excluding hydrogens is 358 g/mol. The molecule has 0 aliphatic carbocycles. The van der Waals surface area contributed by atoms with Crippen LogP contribution in [0.1, 0.15) is 10.4 Å². The fourth-order valence-corrected chi connectivity index (χ4v) is 3.17. The van der Waals surface area contributed by atoms with E-state index in [0.29, 0.717) is 25.2 Å². The molecule has 1 amide bonds. The number of methoxy groups -OCH3 is 1. The molecule has 0 aromatic heterocycles. The Morgan fingerprint density at radius 3 is 2.29 bits per heavy atom. The van der Waals surface area contributed by atoms with Crippen LogP contribution >= 0.6 is 0 Å². The minimum absolute atomic E-state index is 0.0456. The molecule has 28 heavy (non-hydrogen) atoms. The number of anilines is 2. The number of carbonyl (C=O) groups is 1. The lowest BCUT2D eigenvalue weighted by Gasteiger charge is -2.36. The van der Waals surface area contributed by atoms with Crippen molar-refractivity contribution in [1.29, 1.82) is 0 Å². The lowest BCUT2D eigenvalue weighted by molar-refractivity contribution is 0.0746. The molecule has 7 heteroatoms. The van der Waals surface area contributed by atoms with E-state index in [-0.39, 0.29) is 12.5 Å². The number of aliphatic hydroxyl groups excluding tert-OH is 2. The normalized spacial score (nSPS) is 15.2. The van der Waals surface area contributed by atoms with Gasteiger partial charge in [-0.05, 0) is 48.5 Å². The van der Waals surface area contributed by atoms with E-state index in [1.165, 1.54) is 0 Å². The molecule has 1 aliphatic rings. The van der Waals surface area contributed by atoms with E-state index in [2.05, 4.69) is 10.2 Å². The predicted molar refractivity (Wildman–Crippen MR) is 109 cm³/mol. The summed E-state index contributed by atoms with van der Waals surface area (Å²) in [5, 5.41) is 21.3. The largest absolute Gasteiger partial charge is 0.497 e. The third kappa shape index (κ3) is 4.94. The zero-order valence-electron chi connectivity index (χ0n) is 16.0. The number of piperazine rings is 1. The highest BCUT2D eigenvalue weighted by Gasteiger charge is 2.22. The summed E-state index contributed by atoms with van der Waals surface area (Å²) in [5.74, 6) is 0.787. The average molecular weight is 385 g/mol. The summed E-state index contributed by atoms with van der Waals surface area (Å²) in [6.07, 6.45) is -0.768. The van der Waals surface area contributed by atoms with Crippen LogP contribution in [0.3, 0.4) is 0 Å².